The largest absolute Gasteiger partial charge is 0.826 e. The van der Waals surface area contributed by atoms with Gasteiger partial charge in [0.05, 0.1) is 7.05 Å². The first-order valence-corrected chi connectivity index (χ1v) is 4.69. The molecule has 0 aliphatic carbocycles. The molecule has 15 heavy (non-hydrogen) atoms. The zero-order chi connectivity index (χ0) is 10.8. The summed E-state index contributed by atoms with van der Waals surface area (Å²) in [5.74, 6) is -0.0845. The van der Waals surface area contributed by atoms with Crippen molar-refractivity contribution >= 4 is 11.4 Å². The van der Waals surface area contributed by atoms with Gasteiger partial charge in [-0.25, -0.2) is 0 Å². The van der Waals surface area contributed by atoms with Gasteiger partial charge in [-0.05, 0) is 0 Å². The van der Waals surface area contributed by atoms with Crippen LogP contribution in [0.4, 0.5) is 0 Å². The maximum absolute atomic E-state index is 11.8. The molecule has 2 rings (SSSR count). The minimum Gasteiger partial charge on any atom is -0.826 e. The third-order valence-corrected chi connectivity index (χ3v) is 2.30. The second-order valence-corrected chi connectivity index (χ2v) is 3.39. The predicted octanol–water partition coefficient (Wildman–Crippen LogP) is -1.48. The summed E-state index contributed by atoms with van der Waals surface area (Å²) in [6.45, 7) is 0. The highest BCUT2D eigenvalue weighted by molar-refractivity contribution is 6.20. The van der Waals surface area contributed by atoms with Gasteiger partial charge in [0.1, 0.15) is 17.8 Å². The molecule has 0 saturated heterocycles. The van der Waals surface area contributed by atoms with Crippen LogP contribution in [0, 0.1) is 5.41 Å². The van der Waals surface area contributed by atoms with Crippen LogP contribution in [0.1, 0.15) is 0 Å². The van der Waals surface area contributed by atoms with Gasteiger partial charge >= 0.3 is 0 Å². The molecular weight excluding hydrogens is 190 g/mol. The number of hydrogen-bond donors (Lipinski definition) is 2. The van der Waals surface area contributed by atoms with E-state index in [-0.39, 0.29) is 11.6 Å². The van der Waals surface area contributed by atoms with Gasteiger partial charge in [-0.3, -0.25) is 10.3 Å². The fourth-order valence-electron chi connectivity index (χ4n) is 1.48. The molecule has 1 unspecified atom stereocenters. The Balaban J connectivity index is 2.52. The second kappa shape index (κ2) is 3.67. The molecule has 0 radical (unpaired) electrons. The van der Waals surface area contributed by atoms with Crippen LogP contribution in [-0.2, 0) is 0 Å². The van der Waals surface area contributed by atoms with Crippen LogP contribution < -0.4 is 14.6 Å². The van der Waals surface area contributed by atoms with Gasteiger partial charge in [-0.15, -0.1) is 0 Å². The van der Waals surface area contributed by atoms with Crippen molar-refractivity contribution < 1.29 is 14.6 Å². The van der Waals surface area contributed by atoms with Crippen LogP contribution in [0.3, 0.4) is 0 Å². The molecule has 0 bridgehead atoms. The van der Waals surface area contributed by atoms with Crippen molar-refractivity contribution in [3.05, 3.63) is 48.8 Å². The number of pyridine rings is 1. The first-order valence-electron chi connectivity index (χ1n) is 4.69. The van der Waals surface area contributed by atoms with Gasteiger partial charge < -0.3 is 5.11 Å². The van der Waals surface area contributed by atoms with E-state index in [1.165, 1.54) is 0 Å². The number of hydrogen-bond acceptors (Lipinski definition) is 2. The molecule has 4 heteroatoms. The molecule has 0 amide bonds. The molecule has 1 atom stereocenters. The Hall–Kier alpha value is -1.94. The molecule has 76 valence electrons. The monoisotopic (exact) mass is 202 g/mol. The average Bonchev–Trinajstić information content (AvgIpc) is 2.26. The molecule has 0 saturated carbocycles. The predicted molar refractivity (Wildman–Crippen MR) is 53.6 cm³/mol. The van der Waals surface area contributed by atoms with Gasteiger partial charge in [-0.2, -0.15) is 4.57 Å². The van der Waals surface area contributed by atoms with E-state index in [4.69, 9.17) is 5.41 Å². The Morgan fingerprint density at radius 1 is 1.27 bits per heavy atom. The fourth-order valence-corrected chi connectivity index (χ4v) is 1.48. The molecule has 0 spiro atoms. The molecule has 1 aromatic heterocycles. The highest BCUT2D eigenvalue weighted by Gasteiger charge is 2.23. The average molecular weight is 202 g/mol. The Morgan fingerprint density at radius 2 is 1.93 bits per heavy atom. The lowest BCUT2D eigenvalue weighted by Gasteiger charge is -2.20. The summed E-state index contributed by atoms with van der Waals surface area (Å²) in [4.78, 5) is 0.664. The summed E-state index contributed by atoms with van der Waals surface area (Å²) in [5, 5.41) is 19.6. The van der Waals surface area contributed by atoms with Crippen LogP contribution in [0.15, 0.2) is 48.8 Å². The Labute approximate surface area is 87.9 Å². The molecule has 0 fully saturated rings. The Kier molecular flexibility index (Phi) is 2.35. The standard InChI is InChI=1S/C11H11N3O/c1-13-8-5-9(12)10(11(13)15)14-6-3-2-4-7-14/h2-8H,1H3,(H-,12,15)/p+1. The molecule has 1 aliphatic rings. The number of allylic oxidation sites excluding steroid dienone is 2. The van der Waals surface area contributed by atoms with E-state index in [9.17, 15) is 5.11 Å². The first kappa shape index (κ1) is 9.61. The molecule has 1 aliphatic heterocycles. The summed E-state index contributed by atoms with van der Waals surface area (Å²) < 4.78 is 1.68. The molecular formula is C11H12N3O+. The van der Waals surface area contributed by atoms with E-state index in [0.29, 0.717) is 10.6 Å². The van der Waals surface area contributed by atoms with Crippen molar-refractivity contribution in [1.82, 2.24) is 0 Å². The van der Waals surface area contributed by atoms with Crippen molar-refractivity contribution in [1.29, 1.82) is 5.41 Å². The van der Waals surface area contributed by atoms with E-state index < -0.39 is 0 Å². The van der Waals surface area contributed by atoms with Crippen LogP contribution in [0.2, 0.25) is 0 Å². The van der Waals surface area contributed by atoms with Gasteiger partial charge in [0.2, 0.25) is 0 Å². The summed E-state index contributed by atoms with van der Waals surface area (Å²) in [6.07, 6.45) is 6.87. The highest BCUT2D eigenvalue weighted by Crippen LogP contribution is 2.01. The number of rotatable bonds is 1. The molecule has 2 N–H and O–H groups in total. The van der Waals surface area contributed by atoms with E-state index in [2.05, 4.69) is 0 Å². The highest BCUT2D eigenvalue weighted by atomic mass is 16.3. The van der Waals surface area contributed by atoms with E-state index in [1.807, 2.05) is 18.2 Å². The summed E-state index contributed by atoms with van der Waals surface area (Å²) in [7, 11) is 1.76. The van der Waals surface area contributed by atoms with Crippen LogP contribution in [0.25, 0.3) is 5.70 Å². The molecule has 1 aromatic rings. The SMILES string of the molecule is C[NH+]1C=CC(=N)C([n+]2ccccc2)=C1[O-]. The van der Waals surface area contributed by atoms with E-state index in [0.717, 1.165) is 0 Å². The fraction of sp³-hybridized carbons (Fsp3) is 0.0909. The van der Waals surface area contributed by atoms with Crippen molar-refractivity contribution in [2.75, 3.05) is 7.05 Å². The Morgan fingerprint density at radius 3 is 2.60 bits per heavy atom. The van der Waals surface area contributed by atoms with Crippen LogP contribution >= 0.6 is 0 Å². The summed E-state index contributed by atoms with van der Waals surface area (Å²) in [5.41, 5.74) is 0.664. The molecule has 2 heterocycles. The normalized spacial score (nSPS) is 20.9. The zero-order valence-electron chi connectivity index (χ0n) is 8.40. The molecule has 4 nitrogen and oxygen atoms in total. The van der Waals surface area contributed by atoms with Gasteiger partial charge in [0.25, 0.3) is 5.70 Å². The maximum Gasteiger partial charge on any atom is 0.283 e. The first-order chi connectivity index (χ1) is 7.20. The number of aromatic nitrogens is 1. The third-order valence-electron chi connectivity index (χ3n) is 2.30. The summed E-state index contributed by atoms with van der Waals surface area (Å²) >= 11 is 0. The van der Waals surface area contributed by atoms with Crippen LogP contribution in [0.5, 0.6) is 0 Å². The Bertz CT molecular complexity index is 448. The van der Waals surface area contributed by atoms with Gasteiger partial charge in [0, 0.05) is 18.2 Å². The van der Waals surface area contributed by atoms with Gasteiger partial charge in [-0.1, -0.05) is 6.07 Å². The van der Waals surface area contributed by atoms with Crippen molar-refractivity contribution in [3.63, 3.8) is 0 Å². The lowest BCUT2D eigenvalue weighted by atomic mass is 10.2. The lowest BCUT2D eigenvalue weighted by molar-refractivity contribution is -0.846. The topological polar surface area (TPSA) is 55.2 Å². The smallest absolute Gasteiger partial charge is 0.283 e. The summed E-state index contributed by atoms with van der Waals surface area (Å²) in [6, 6.07) is 5.54. The number of nitrogens with zero attached hydrogens (tertiary/aromatic N) is 1. The van der Waals surface area contributed by atoms with E-state index >= 15 is 0 Å². The minimum absolute atomic E-state index is 0.0845. The van der Waals surface area contributed by atoms with Crippen LogP contribution in [-0.4, -0.2) is 12.8 Å². The molecule has 0 aromatic carbocycles. The quantitative estimate of drug-likeness (QED) is 0.536. The zero-order valence-corrected chi connectivity index (χ0v) is 8.40. The second-order valence-electron chi connectivity index (χ2n) is 3.39. The maximum atomic E-state index is 11.8. The van der Waals surface area contributed by atoms with Crippen molar-refractivity contribution in [3.8, 4) is 0 Å². The number of nitrogens with one attached hydrogen (secondary N) is 2. The van der Waals surface area contributed by atoms with Gasteiger partial charge in [0.15, 0.2) is 12.4 Å². The van der Waals surface area contributed by atoms with Crippen molar-refractivity contribution in [2.45, 2.75) is 0 Å². The lowest BCUT2D eigenvalue weighted by Crippen LogP contribution is -3.05. The minimum atomic E-state index is -0.0845. The van der Waals surface area contributed by atoms with E-state index in [1.54, 1.807) is 36.3 Å². The third kappa shape index (κ3) is 1.67. The number of quaternary nitrogens is 1. The van der Waals surface area contributed by atoms with Crippen molar-refractivity contribution in [2.24, 2.45) is 0 Å².